The van der Waals surface area contributed by atoms with Crippen molar-refractivity contribution in [1.82, 2.24) is 4.90 Å². The van der Waals surface area contributed by atoms with Gasteiger partial charge in [0.2, 0.25) is 0 Å². The van der Waals surface area contributed by atoms with Gasteiger partial charge in [-0.2, -0.15) is 0 Å². The topological polar surface area (TPSA) is 63.9 Å². The standard InChI is InChI=1S/C9H19NO3/c1-9(2,3)10-4-7(12)8(13)6(10)5-11/h6-8,11-13H,4-5H2,1-3H3/t6-,7-,8-/m1/s1. The van der Waals surface area contributed by atoms with Crippen molar-refractivity contribution in [2.24, 2.45) is 0 Å². The second-order valence-corrected chi connectivity index (χ2v) is 4.63. The van der Waals surface area contributed by atoms with Crippen LogP contribution in [0.1, 0.15) is 20.8 Å². The second-order valence-electron chi connectivity index (χ2n) is 4.63. The summed E-state index contributed by atoms with van der Waals surface area (Å²) >= 11 is 0. The SMILES string of the molecule is CC(C)(C)N1C[C@@H](O)[C@H](O)[C@H]1CO. The lowest BCUT2D eigenvalue weighted by atomic mass is 10.0. The molecule has 0 unspecified atom stereocenters. The molecule has 1 aliphatic rings. The summed E-state index contributed by atoms with van der Waals surface area (Å²) in [7, 11) is 0. The zero-order valence-electron chi connectivity index (χ0n) is 8.44. The van der Waals surface area contributed by atoms with Crippen molar-refractivity contribution in [2.45, 2.75) is 44.6 Å². The van der Waals surface area contributed by atoms with Gasteiger partial charge in [-0.1, -0.05) is 0 Å². The van der Waals surface area contributed by atoms with Gasteiger partial charge in [-0.05, 0) is 20.8 Å². The number of aliphatic hydroxyl groups is 3. The summed E-state index contributed by atoms with van der Waals surface area (Å²) in [5.74, 6) is 0. The molecule has 1 fully saturated rings. The van der Waals surface area contributed by atoms with Crippen LogP contribution in [0, 0.1) is 0 Å². The van der Waals surface area contributed by atoms with Crippen LogP contribution in [0.4, 0.5) is 0 Å². The number of hydrogen-bond acceptors (Lipinski definition) is 4. The third-order valence-electron chi connectivity index (χ3n) is 2.62. The van der Waals surface area contributed by atoms with Crippen LogP contribution in [0.25, 0.3) is 0 Å². The monoisotopic (exact) mass is 189 g/mol. The molecule has 0 saturated carbocycles. The van der Waals surface area contributed by atoms with Crippen molar-refractivity contribution in [3.05, 3.63) is 0 Å². The third kappa shape index (κ3) is 2.02. The summed E-state index contributed by atoms with van der Waals surface area (Å²) in [6.07, 6.45) is -1.57. The minimum atomic E-state index is -0.829. The molecule has 3 atom stereocenters. The molecule has 0 aromatic rings. The van der Waals surface area contributed by atoms with E-state index in [-0.39, 0.29) is 18.2 Å². The van der Waals surface area contributed by atoms with E-state index in [9.17, 15) is 10.2 Å². The summed E-state index contributed by atoms with van der Waals surface area (Å²) < 4.78 is 0. The maximum Gasteiger partial charge on any atom is 0.0988 e. The Hall–Kier alpha value is -0.160. The number of likely N-dealkylation sites (tertiary alicyclic amines) is 1. The van der Waals surface area contributed by atoms with Crippen LogP contribution in [0.3, 0.4) is 0 Å². The van der Waals surface area contributed by atoms with Gasteiger partial charge < -0.3 is 15.3 Å². The molecule has 0 aliphatic carbocycles. The zero-order chi connectivity index (χ0) is 10.2. The predicted octanol–water partition coefficient (Wildman–Crippen LogP) is -0.817. The van der Waals surface area contributed by atoms with Crippen LogP contribution >= 0.6 is 0 Å². The van der Waals surface area contributed by atoms with Crippen LogP contribution in [0.2, 0.25) is 0 Å². The molecule has 13 heavy (non-hydrogen) atoms. The summed E-state index contributed by atoms with van der Waals surface area (Å²) in [5, 5.41) is 28.0. The van der Waals surface area contributed by atoms with Crippen molar-refractivity contribution in [2.75, 3.05) is 13.2 Å². The fourth-order valence-corrected chi connectivity index (χ4v) is 1.86. The Morgan fingerprint density at radius 3 is 2.15 bits per heavy atom. The Kier molecular flexibility index (Phi) is 2.97. The number of aliphatic hydroxyl groups excluding tert-OH is 3. The number of nitrogens with zero attached hydrogens (tertiary/aromatic N) is 1. The molecular formula is C9H19NO3. The normalized spacial score (nSPS) is 36.9. The Morgan fingerprint density at radius 2 is 1.85 bits per heavy atom. The molecule has 0 spiro atoms. The molecule has 1 heterocycles. The van der Waals surface area contributed by atoms with Gasteiger partial charge in [0.25, 0.3) is 0 Å². The maximum atomic E-state index is 9.54. The van der Waals surface area contributed by atoms with Crippen LogP contribution in [0.15, 0.2) is 0 Å². The van der Waals surface area contributed by atoms with Crippen LogP contribution < -0.4 is 0 Å². The van der Waals surface area contributed by atoms with Crippen LogP contribution in [0.5, 0.6) is 0 Å². The highest BCUT2D eigenvalue weighted by molar-refractivity contribution is 4.97. The Bertz CT molecular complexity index is 178. The van der Waals surface area contributed by atoms with E-state index in [1.807, 2.05) is 25.7 Å². The van der Waals surface area contributed by atoms with E-state index < -0.39 is 12.2 Å². The lowest BCUT2D eigenvalue weighted by molar-refractivity contribution is 0.00925. The van der Waals surface area contributed by atoms with Crippen molar-refractivity contribution in [3.63, 3.8) is 0 Å². The number of β-amino-alcohol motifs (C(OH)–C–C–N with tert-alkyl or cyclic N) is 1. The molecule has 1 aliphatic heterocycles. The molecule has 1 saturated heterocycles. The third-order valence-corrected chi connectivity index (χ3v) is 2.62. The fraction of sp³-hybridized carbons (Fsp3) is 1.00. The molecule has 0 amide bonds. The lowest BCUT2D eigenvalue weighted by Gasteiger charge is -2.36. The van der Waals surface area contributed by atoms with Gasteiger partial charge >= 0.3 is 0 Å². The highest BCUT2D eigenvalue weighted by Gasteiger charge is 2.43. The smallest absolute Gasteiger partial charge is 0.0988 e. The molecule has 78 valence electrons. The summed E-state index contributed by atoms with van der Waals surface area (Å²) in [6, 6.07) is -0.338. The molecule has 0 radical (unpaired) electrons. The van der Waals surface area contributed by atoms with Gasteiger partial charge in [-0.3, -0.25) is 4.90 Å². The van der Waals surface area contributed by atoms with Gasteiger partial charge in [-0.15, -0.1) is 0 Å². The summed E-state index contributed by atoms with van der Waals surface area (Å²) in [5.41, 5.74) is -0.133. The Morgan fingerprint density at radius 1 is 1.31 bits per heavy atom. The minimum Gasteiger partial charge on any atom is -0.395 e. The molecule has 4 heteroatoms. The van der Waals surface area contributed by atoms with Gasteiger partial charge in [0.1, 0.15) is 0 Å². The first-order valence-corrected chi connectivity index (χ1v) is 4.61. The van der Waals surface area contributed by atoms with Crippen molar-refractivity contribution < 1.29 is 15.3 Å². The van der Waals surface area contributed by atoms with Crippen molar-refractivity contribution in [3.8, 4) is 0 Å². The zero-order valence-corrected chi connectivity index (χ0v) is 8.44. The molecule has 1 rings (SSSR count). The molecular weight excluding hydrogens is 170 g/mol. The van der Waals surface area contributed by atoms with Gasteiger partial charge in [0.15, 0.2) is 0 Å². The quantitative estimate of drug-likeness (QED) is 0.504. The first-order chi connectivity index (χ1) is 5.88. The van der Waals surface area contributed by atoms with E-state index in [2.05, 4.69) is 0 Å². The second kappa shape index (κ2) is 3.53. The Balaban J connectivity index is 2.77. The summed E-state index contributed by atoms with van der Waals surface area (Å²) in [6.45, 7) is 6.31. The largest absolute Gasteiger partial charge is 0.395 e. The van der Waals surface area contributed by atoms with Crippen LogP contribution in [-0.4, -0.2) is 57.2 Å². The first-order valence-electron chi connectivity index (χ1n) is 4.61. The number of rotatable bonds is 1. The highest BCUT2D eigenvalue weighted by atomic mass is 16.3. The lowest BCUT2D eigenvalue weighted by Crippen LogP contribution is -2.48. The first kappa shape index (κ1) is 10.9. The van der Waals surface area contributed by atoms with Crippen molar-refractivity contribution in [1.29, 1.82) is 0 Å². The molecule has 3 N–H and O–H groups in total. The minimum absolute atomic E-state index is 0.116. The summed E-state index contributed by atoms with van der Waals surface area (Å²) in [4.78, 5) is 1.93. The molecule has 0 aromatic heterocycles. The van der Waals surface area contributed by atoms with E-state index in [1.54, 1.807) is 0 Å². The van der Waals surface area contributed by atoms with Gasteiger partial charge in [-0.25, -0.2) is 0 Å². The fourth-order valence-electron chi connectivity index (χ4n) is 1.86. The van der Waals surface area contributed by atoms with Gasteiger partial charge in [0.05, 0.1) is 24.9 Å². The predicted molar refractivity (Wildman–Crippen MR) is 49.3 cm³/mol. The van der Waals surface area contributed by atoms with Crippen LogP contribution in [-0.2, 0) is 0 Å². The molecule has 4 nitrogen and oxygen atoms in total. The highest BCUT2D eigenvalue weighted by Crippen LogP contribution is 2.26. The van der Waals surface area contributed by atoms with E-state index >= 15 is 0 Å². The van der Waals surface area contributed by atoms with Crippen molar-refractivity contribution >= 4 is 0 Å². The van der Waals surface area contributed by atoms with Gasteiger partial charge in [0, 0.05) is 12.1 Å². The molecule has 0 bridgehead atoms. The molecule has 0 aromatic carbocycles. The maximum absolute atomic E-state index is 9.54. The van der Waals surface area contributed by atoms with E-state index in [1.165, 1.54) is 0 Å². The number of hydrogen-bond donors (Lipinski definition) is 3. The Labute approximate surface area is 78.8 Å². The van der Waals surface area contributed by atoms with E-state index in [0.717, 1.165) is 0 Å². The van der Waals surface area contributed by atoms with E-state index in [4.69, 9.17) is 5.11 Å². The average molecular weight is 189 g/mol. The average Bonchev–Trinajstić information content (AvgIpc) is 2.28. The van der Waals surface area contributed by atoms with E-state index in [0.29, 0.717) is 6.54 Å².